The Bertz CT molecular complexity index is 952. The number of anilines is 2. The van der Waals surface area contributed by atoms with Gasteiger partial charge in [-0.25, -0.2) is 19.3 Å². The van der Waals surface area contributed by atoms with Crippen molar-refractivity contribution in [2.45, 2.75) is 50.6 Å². The summed E-state index contributed by atoms with van der Waals surface area (Å²) in [6, 6.07) is 6.60. The summed E-state index contributed by atoms with van der Waals surface area (Å²) in [5.41, 5.74) is 0.574. The van der Waals surface area contributed by atoms with Gasteiger partial charge >= 0.3 is 0 Å². The zero-order valence-electron chi connectivity index (χ0n) is 18.4. The molecule has 8 nitrogen and oxygen atoms in total. The second kappa shape index (κ2) is 10.2. The van der Waals surface area contributed by atoms with Gasteiger partial charge < -0.3 is 20.7 Å². The van der Waals surface area contributed by atoms with Crippen LogP contribution in [0, 0.1) is 22.6 Å². The van der Waals surface area contributed by atoms with Gasteiger partial charge in [-0.1, -0.05) is 0 Å². The van der Waals surface area contributed by atoms with Gasteiger partial charge in [-0.2, -0.15) is 5.26 Å². The third kappa shape index (κ3) is 5.69. The van der Waals surface area contributed by atoms with E-state index < -0.39 is 5.82 Å². The molecule has 0 atom stereocenters. The number of ether oxygens (including phenoxy) is 1. The van der Waals surface area contributed by atoms with Gasteiger partial charge in [0.1, 0.15) is 18.0 Å². The fraction of sp³-hybridized carbons (Fsp3) is 0.565. The molecule has 0 bridgehead atoms. The summed E-state index contributed by atoms with van der Waals surface area (Å²) in [4.78, 5) is 12.7. The minimum atomic E-state index is -0.429. The molecule has 2 aliphatic rings. The Labute approximate surface area is 188 Å². The molecule has 2 aromatic heterocycles. The maximum absolute atomic E-state index is 14.6. The number of hydrogen-bond donors (Lipinski definition) is 3. The van der Waals surface area contributed by atoms with Crippen molar-refractivity contribution in [1.82, 2.24) is 20.3 Å². The van der Waals surface area contributed by atoms with Crippen molar-refractivity contribution in [2.75, 3.05) is 37.4 Å². The van der Waals surface area contributed by atoms with E-state index in [1.807, 2.05) is 0 Å². The molecule has 2 aliphatic carbocycles. The number of hydrogen-bond acceptors (Lipinski definition) is 8. The van der Waals surface area contributed by atoms with Crippen LogP contribution >= 0.6 is 0 Å². The number of rotatable bonds is 10. The molecule has 9 heteroatoms. The summed E-state index contributed by atoms with van der Waals surface area (Å²) in [5.74, 6) is 0.801. The molecule has 4 rings (SSSR count). The molecule has 3 N–H and O–H groups in total. The topological polar surface area (TPSA) is 108 Å². The first kappa shape index (κ1) is 22.4. The van der Waals surface area contributed by atoms with Crippen LogP contribution in [0.25, 0.3) is 11.3 Å². The van der Waals surface area contributed by atoms with Gasteiger partial charge in [-0.05, 0) is 44.6 Å². The molecule has 32 heavy (non-hydrogen) atoms. The Kier molecular flexibility index (Phi) is 7.12. The molecule has 2 heterocycles. The summed E-state index contributed by atoms with van der Waals surface area (Å²) in [7, 11) is 1.71. The van der Waals surface area contributed by atoms with E-state index >= 15 is 0 Å². The molecule has 170 valence electrons. The van der Waals surface area contributed by atoms with Gasteiger partial charge in [0.15, 0.2) is 5.82 Å². The lowest BCUT2D eigenvalue weighted by Gasteiger charge is -2.30. The summed E-state index contributed by atoms with van der Waals surface area (Å²) in [5, 5.41) is 19.4. The molecule has 2 saturated carbocycles. The van der Waals surface area contributed by atoms with Gasteiger partial charge in [0.05, 0.1) is 30.0 Å². The molecule has 0 saturated heterocycles. The lowest BCUT2D eigenvalue weighted by atomic mass is 9.91. The molecular weight excluding hydrogens is 409 g/mol. The fourth-order valence-corrected chi connectivity index (χ4v) is 4.07. The van der Waals surface area contributed by atoms with E-state index in [2.05, 4.69) is 37.0 Å². The largest absolute Gasteiger partial charge is 0.383 e. The van der Waals surface area contributed by atoms with Gasteiger partial charge in [0, 0.05) is 43.9 Å². The fourth-order valence-electron chi connectivity index (χ4n) is 4.07. The van der Waals surface area contributed by atoms with Crippen molar-refractivity contribution in [3.05, 3.63) is 30.5 Å². The van der Waals surface area contributed by atoms with Crippen molar-refractivity contribution in [3.63, 3.8) is 0 Å². The predicted octanol–water partition coefficient (Wildman–Crippen LogP) is 3.35. The molecule has 0 amide bonds. The van der Waals surface area contributed by atoms with E-state index in [0.29, 0.717) is 41.5 Å². The number of methoxy groups -OCH3 is 1. The zero-order valence-corrected chi connectivity index (χ0v) is 18.4. The zero-order chi connectivity index (χ0) is 22.4. The average molecular weight is 440 g/mol. The van der Waals surface area contributed by atoms with Crippen LogP contribution in [-0.4, -0.2) is 53.8 Å². The Morgan fingerprint density at radius 2 is 1.91 bits per heavy atom. The van der Waals surface area contributed by atoms with Crippen LogP contribution < -0.4 is 16.0 Å². The van der Waals surface area contributed by atoms with Gasteiger partial charge in [-0.3, -0.25) is 0 Å². The molecule has 0 spiro atoms. The summed E-state index contributed by atoms with van der Waals surface area (Å²) in [6.07, 6.45) is 8.67. The second-order valence-corrected chi connectivity index (χ2v) is 8.72. The predicted molar refractivity (Wildman–Crippen MR) is 121 cm³/mol. The molecule has 0 radical (unpaired) electrons. The molecule has 0 aromatic carbocycles. The Hall–Kier alpha value is -2.83. The Morgan fingerprint density at radius 3 is 2.62 bits per heavy atom. The highest BCUT2D eigenvalue weighted by Crippen LogP contribution is 2.44. The van der Waals surface area contributed by atoms with Crippen molar-refractivity contribution in [3.8, 4) is 17.3 Å². The average Bonchev–Trinajstić information content (AvgIpc) is 3.61. The van der Waals surface area contributed by atoms with Crippen molar-refractivity contribution in [2.24, 2.45) is 5.41 Å². The normalized spacial score (nSPS) is 21.5. The molecule has 0 unspecified atom stereocenters. The number of nitrogens with one attached hydrogen (secondary N) is 3. The quantitative estimate of drug-likeness (QED) is 0.484. The Morgan fingerprint density at radius 1 is 1.12 bits per heavy atom. The van der Waals surface area contributed by atoms with Gasteiger partial charge in [0.2, 0.25) is 0 Å². The van der Waals surface area contributed by atoms with Crippen molar-refractivity contribution in [1.29, 1.82) is 5.26 Å². The van der Waals surface area contributed by atoms with Crippen LogP contribution in [0.2, 0.25) is 0 Å². The second-order valence-electron chi connectivity index (χ2n) is 8.72. The smallest absolute Gasteiger partial charge is 0.151 e. The minimum Gasteiger partial charge on any atom is -0.383 e. The van der Waals surface area contributed by atoms with Crippen LogP contribution in [0.4, 0.5) is 16.0 Å². The molecule has 2 aromatic rings. The number of nitrogens with zero attached hydrogens (tertiary/aromatic N) is 4. The van der Waals surface area contributed by atoms with E-state index in [9.17, 15) is 9.65 Å². The highest BCUT2D eigenvalue weighted by atomic mass is 19.1. The third-order valence-corrected chi connectivity index (χ3v) is 6.32. The number of halogens is 1. The van der Waals surface area contributed by atoms with Gasteiger partial charge in [-0.15, -0.1) is 0 Å². The lowest BCUT2D eigenvalue weighted by molar-refractivity contribution is 0.191. The standard InChI is InChI=1S/C23H30FN7O/c1-32-9-8-26-16-2-4-17(5-3-16)31-22-10-18(19(24)12-27-22)20-11-21(30-15-29-20)28-14-23(13-25)6-7-23/h10-12,15-17,26H,2-9,14H2,1H3,(H,27,31)(H,28,29,30). The first-order valence-corrected chi connectivity index (χ1v) is 11.2. The molecule has 0 aliphatic heterocycles. The molecular formula is C23H30FN7O. The summed E-state index contributed by atoms with van der Waals surface area (Å²) in [6.45, 7) is 2.13. The summed E-state index contributed by atoms with van der Waals surface area (Å²) < 4.78 is 19.7. The van der Waals surface area contributed by atoms with E-state index in [1.165, 1.54) is 12.5 Å². The maximum atomic E-state index is 14.6. The maximum Gasteiger partial charge on any atom is 0.151 e. The Balaban J connectivity index is 1.37. The highest BCUT2D eigenvalue weighted by Gasteiger charge is 2.42. The van der Waals surface area contributed by atoms with E-state index in [0.717, 1.165) is 51.7 Å². The van der Waals surface area contributed by atoms with Gasteiger partial charge in [0.25, 0.3) is 0 Å². The van der Waals surface area contributed by atoms with Crippen LogP contribution in [0.1, 0.15) is 38.5 Å². The number of nitriles is 1. The van der Waals surface area contributed by atoms with Crippen LogP contribution in [0.5, 0.6) is 0 Å². The molecule has 2 fully saturated rings. The minimum absolute atomic E-state index is 0.289. The SMILES string of the molecule is COCCNC1CCC(Nc2cc(-c3cc(NCC4(C#N)CC4)ncn3)c(F)cn2)CC1. The number of aromatic nitrogens is 3. The van der Waals surface area contributed by atoms with Crippen molar-refractivity contribution >= 4 is 11.6 Å². The first-order valence-electron chi connectivity index (χ1n) is 11.2. The third-order valence-electron chi connectivity index (χ3n) is 6.32. The van der Waals surface area contributed by atoms with Crippen LogP contribution in [0.15, 0.2) is 24.7 Å². The van der Waals surface area contributed by atoms with Crippen LogP contribution in [-0.2, 0) is 4.74 Å². The highest BCUT2D eigenvalue weighted by molar-refractivity contribution is 5.66. The summed E-state index contributed by atoms with van der Waals surface area (Å²) >= 11 is 0. The van der Waals surface area contributed by atoms with Crippen LogP contribution in [0.3, 0.4) is 0 Å². The monoisotopic (exact) mass is 439 g/mol. The number of pyridine rings is 1. The van der Waals surface area contributed by atoms with E-state index in [1.54, 1.807) is 19.2 Å². The lowest BCUT2D eigenvalue weighted by Crippen LogP contribution is -2.38. The van der Waals surface area contributed by atoms with E-state index in [-0.39, 0.29) is 5.41 Å². The van der Waals surface area contributed by atoms with Crippen molar-refractivity contribution < 1.29 is 9.13 Å². The first-order chi connectivity index (χ1) is 15.6. The van der Waals surface area contributed by atoms with E-state index in [4.69, 9.17) is 4.74 Å².